The number of aryl methyl sites for hydroxylation is 2. The molecule has 0 atom stereocenters. The highest BCUT2D eigenvalue weighted by molar-refractivity contribution is 5.44. The molecule has 0 aliphatic heterocycles. The number of benzene rings is 1. The summed E-state index contributed by atoms with van der Waals surface area (Å²) < 4.78 is 5.74. The van der Waals surface area contributed by atoms with Gasteiger partial charge in [-0.05, 0) is 43.5 Å². The van der Waals surface area contributed by atoms with E-state index < -0.39 is 0 Å². The summed E-state index contributed by atoms with van der Waals surface area (Å²) in [5.41, 5.74) is 5.86. The maximum atomic E-state index is 5.74. The minimum Gasteiger partial charge on any atom is -0.437 e. The maximum Gasteiger partial charge on any atom is 0.239 e. The highest BCUT2D eigenvalue weighted by atomic mass is 16.5. The van der Waals surface area contributed by atoms with Gasteiger partial charge in [0, 0.05) is 0 Å². The van der Waals surface area contributed by atoms with Crippen molar-refractivity contribution in [2.75, 3.05) is 5.43 Å². The summed E-state index contributed by atoms with van der Waals surface area (Å²) in [6.07, 6.45) is 3.08. The van der Waals surface area contributed by atoms with E-state index in [4.69, 9.17) is 10.6 Å². The lowest BCUT2D eigenvalue weighted by Gasteiger charge is -2.11. The number of nitrogens with zero attached hydrogens (tertiary/aromatic N) is 2. The van der Waals surface area contributed by atoms with Crippen LogP contribution in [0.2, 0.25) is 0 Å². The number of nitrogen functional groups attached to an aromatic ring is 1. The second-order valence-corrected chi connectivity index (χ2v) is 4.19. The highest BCUT2D eigenvalue weighted by Gasteiger charge is 2.07. The third-order valence-electron chi connectivity index (χ3n) is 2.74. The van der Waals surface area contributed by atoms with Crippen molar-refractivity contribution in [3.63, 3.8) is 0 Å². The van der Waals surface area contributed by atoms with Crippen LogP contribution < -0.4 is 16.0 Å². The predicted octanol–water partition coefficient (Wildman–Crippen LogP) is 2.48. The van der Waals surface area contributed by atoms with Gasteiger partial charge in [-0.25, -0.2) is 5.84 Å². The molecule has 0 spiro atoms. The molecule has 1 heterocycles. The minimum atomic E-state index is 0.415. The van der Waals surface area contributed by atoms with Gasteiger partial charge in [0.1, 0.15) is 5.75 Å². The summed E-state index contributed by atoms with van der Waals surface area (Å²) in [4.78, 5) is 8.16. The molecule has 0 fully saturated rings. The topological polar surface area (TPSA) is 73.1 Å². The summed E-state index contributed by atoms with van der Waals surface area (Å²) >= 11 is 0. The third-order valence-corrected chi connectivity index (χ3v) is 2.74. The van der Waals surface area contributed by atoms with Crippen molar-refractivity contribution < 1.29 is 4.74 Å². The summed E-state index contributed by atoms with van der Waals surface area (Å²) in [5, 5.41) is 0. The van der Waals surface area contributed by atoms with Gasteiger partial charge in [-0.2, -0.15) is 4.98 Å². The molecule has 18 heavy (non-hydrogen) atoms. The zero-order valence-electron chi connectivity index (χ0n) is 10.7. The Morgan fingerprint density at radius 2 is 1.94 bits per heavy atom. The third kappa shape index (κ3) is 2.57. The number of ether oxygens (including phenoxy) is 1. The lowest BCUT2D eigenvalue weighted by Crippen LogP contribution is -2.09. The average Bonchev–Trinajstić information content (AvgIpc) is 2.35. The molecule has 94 valence electrons. The van der Waals surface area contributed by atoms with Gasteiger partial charge >= 0.3 is 0 Å². The van der Waals surface area contributed by atoms with Crippen LogP contribution in [0.15, 0.2) is 24.5 Å². The molecule has 0 bridgehead atoms. The molecule has 2 aromatic rings. The highest BCUT2D eigenvalue weighted by Crippen LogP contribution is 2.27. The van der Waals surface area contributed by atoms with Crippen LogP contribution in [0, 0.1) is 20.8 Å². The average molecular weight is 244 g/mol. The molecule has 0 saturated carbocycles. The minimum absolute atomic E-state index is 0.415. The van der Waals surface area contributed by atoms with Gasteiger partial charge in [-0.1, -0.05) is 6.07 Å². The molecule has 5 nitrogen and oxygen atoms in total. The fraction of sp³-hybridized carbons (Fsp3) is 0.231. The number of rotatable bonds is 3. The van der Waals surface area contributed by atoms with Gasteiger partial charge in [-0.15, -0.1) is 0 Å². The Hall–Kier alpha value is -2.14. The number of hydrazine groups is 1. The van der Waals surface area contributed by atoms with E-state index >= 15 is 0 Å². The molecule has 5 heteroatoms. The Morgan fingerprint density at radius 3 is 2.67 bits per heavy atom. The van der Waals surface area contributed by atoms with Gasteiger partial charge in [0.25, 0.3) is 0 Å². The Balaban J connectivity index is 2.33. The van der Waals surface area contributed by atoms with E-state index in [1.165, 1.54) is 11.8 Å². The molecule has 3 N–H and O–H groups in total. The molecule has 1 aromatic heterocycles. The summed E-state index contributed by atoms with van der Waals surface area (Å²) in [7, 11) is 0. The molecule has 0 radical (unpaired) electrons. The fourth-order valence-corrected chi connectivity index (χ4v) is 1.69. The maximum absolute atomic E-state index is 5.74. The first-order chi connectivity index (χ1) is 8.60. The van der Waals surface area contributed by atoms with Gasteiger partial charge in [-0.3, -0.25) is 4.98 Å². The fourth-order valence-electron chi connectivity index (χ4n) is 1.69. The van der Waals surface area contributed by atoms with Crippen LogP contribution in [0.4, 0.5) is 5.82 Å². The van der Waals surface area contributed by atoms with E-state index in [0.29, 0.717) is 11.7 Å². The summed E-state index contributed by atoms with van der Waals surface area (Å²) in [6, 6.07) is 4.10. The van der Waals surface area contributed by atoms with E-state index in [1.54, 1.807) is 6.20 Å². The van der Waals surface area contributed by atoms with Crippen molar-refractivity contribution in [3.8, 4) is 11.6 Å². The van der Waals surface area contributed by atoms with E-state index in [1.807, 2.05) is 19.9 Å². The Labute approximate surface area is 106 Å². The van der Waals surface area contributed by atoms with E-state index in [9.17, 15) is 0 Å². The molecule has 2 rings (SSSR count). The van der Waals surface area contributed by atoms with Gasteiger partial charge < -0.3 is 10.2 Å². The van der Waals surface area contributed by atoms with Crippen LogP contribution in [0.25, 0.3) is 0 Å². The van der Waals surface area contributed by atoms with Gasteiger partial charge in [0.15, 0.2) is 5.82 Å². The van der Waals surface area contributed by atoms with Crippen molar-refractivity contribution >= 4 is 5.82 Å². The first kappa shape index (κ1) is 12.3. The van der Waals surface area contributed by atoms with E-state index in [-0.39, 0.29) is 0 Å². The first-order valence-electron chi connectivity index (χ1n) is 5.64. The molecule has 0 aliphatic carbocycles. The Kier molecular flexibility index (Phi) is 3.43. The zero-order chi connectivity index (χ0) is 13.1. The Morgan fingerprint density at radius 1 is 1.17 bits per heavy atom. The smallest absolute Gasteiger partial charge is 0.239 e. The zero-order valence-corrected chi connectivity index (χ0v) is 10.7. The van der Waals surface area contributed by atoms with Crippen LogP contribution >= 0.6 is 0 Å². The lowest BCUT2D eigenvalue weighted by atomic mass is 10.1. The molecule has 1 aromatic carbocycles. The number of nitrogens with two attached hydrogens (primary N) is 1. The lowest BCUT2D eigenvalue weighted by molar-refractivity contribution is 0.456. The molecule has 0 aliphatic rings. The van der Waals surface area contributed by atoms with Crippen LogP contribution in [0.3, 0.4) is 0 Å². The van der Waals surface area contributed by atoms with E-state index in [0.717, 1.165) is 16.9 Å². The Bertz CT molecular complexity index is 569. The van der Waals surface area contributed by atoms with Gasteiger partial charge in [0.2, 0.25) is 5.88 Å². The largest absolute Gasteiger partial charge is 0.437 e. The number of anilines is 1. The quantitative estimate of drug-likeness (QED) is 0.641. The van der Waals surface area contributed by atoms with Crippen LogP contribution in [-0.2, 0) is 0 Å². The van der Waals surface area contributed by atoms with Crippen LogP contribution in [0.1, 0.15) is 16.7 Å². The van der Waals surface area contributed by atoms with Crippen molar-refractivity contribution in [1.82, 2.24) is 9.97 Å². The SMILES string of the molecule is Cc1cc(C)c(C)c(Oc2cncc(NN)n2)c1. The number of hydrogen-bond acceptors (Lipinski definition) is 5. The number of hydrogen-bond donors (Lipinski definition) is 2. The van der Waals surface area contributed by atoms with Crippen molar-refractivity contribution in [1.29, 1.82) is 0 Å². The molecular formula is C13H16N4O. The summed E-state index contributed by atoms with van der Waals surface area (Å²) in [5.74, 6) is 6.95. The van der Waals surface area contributed by atoms with E-state index in [2.05, 4.69) is 28.4 Å². The second kappa shape index (κ2) is 5.01. The molecule has 0 amide bonds. The monoisotopic (exact) mass is 244 g/mol. The van der Waals surface area contributed by atoms with Crippen molar-refractivity contribution in [3.05, 3.63) is 41.2 Å². The second-order valence-electron chi connectivity index (χ2n) is 4.19. The first-order valence-corrected chi connectivity index (χ1v) is 5.64. The van der Waals surface area contributed by atoms with Crippen molar-refractivity contribution in [2.24, 2.45) is 5.84 Å². The van der Waals surface area contributed by atoms with Crippen molar-refractivity contribution in [2.45, 2.75) is 20.8 Å². The van der Waals surface area contributed by atoms with Gasteiger partial charge in [0.05, 0.1) is 12.4 Å². The number of nitrogens with one attached hydrogen (secondary N) is 1. The molecule has 0 unspecified atom stereocenters. The predicted molar refractivity (Wildman–Crippen MR) is 70.6 cm³/mol. The summed E-state index contributed by atoms with van der Waals surface area (Å²) in [6.45, 7) is 6.10. The number of aromatic nitrogens is 2. The standard InChI is InChI=1S/C13H16N4O/c1-8-4-9(2)10(3)11(5-8)18-13-7-15-6-12(16-13)17-14/h4-7H,14H2,1-3H3,(H,16,17). The normalized spacial score (nSPS) is 10.2. The molecular weight excluding hydrogens is 228 g/mol. The van der Waals surface area contributed by atoms with Crippen LogP contribution in [-0.4, -0.2) is 9.97 Å². The molecule has 0 saturated heterocycles. The van der Waals surface area contributed by atoms with Crippen LogP contribution in [0.5, 0.6) is 11.6 Å².